The fourth-order valence-electron chi connectivity index (χ4n) is 1.20. The van der Waals surface area contributed by atoms with Crippen LogP contribution in [0.5, 0.6) is 5.75 Å². The van der Waals surface area contributed by atoms with Crippen molar-refractivity contribution in [3.05, 3.63) is 34.3 Å². The van der Waals surface area contributed by atoms with Crippen molar-refractivity contribution in [2.24, 2.45) is 0 Å². The normalized spacial score (nSPS) is 10.4. The van der Waals surface area contributed by atoms with Crippen molar-refractivity contribution in [3.8, 4) is 5.75 Å². The van der Waals surface area contributed by atoms with Crippen LogP contribution in [0.15, 0.2) is 24.3 Å². The number of carbonyl (C=O) groups excluding carboxylic acids is 1. The average Bonchev–Trinajstić information content (AvgIpc) is 2.29. The van der Waals surface area contributed by atoms with Gasteiger partial charge < -0.3 is 9.47 Å². The number of rotatable bonds is 4. The molecule has 18 heavy (non-hydrogen) atoms. The van der Waals surface area contributed by atoms with E-state index in [9.17, 15) is 4.79 Å². The fraction of sp³-hybridized carbons (Fsp3) is 0.250. The molecule has 1 N–H and O–H groups in total. The zero-order valence-electron chi connectivity index (χ0n) is 10.00. The van der Waals surface area contributed by atoms with Crippen molar-refractivity contribution in [2.45, 2.75) is 6.92 Å². The highest BCUT2D eigenvalue weighted by molar-refractivity contribution is 6.37. The second-order valence-electron chi connectivity index (χ2n) is 3.27. The summed E-state index contributed by atoms with van der Waals surface area (Å²) in [5, 5.41) is 3.14. The van der Waals surface area contributed by atoms with E-state index >= 15 is 0 Å². The lowest BCUT2D eigenvalue weighted by Crippen LogP contribution is -2.13. The first-order valence-electron chi connectivity index (χ1n) is 5.16. The molecule has 98 valence electrons. The van der Waals surface area contributed by atoms with Gasteiger partial charge in [0.2, 0.25) is 0 Å². The molecule has 1 aromatic carbocycles. The average molecular weight is 290 g/mol. The molecule has 0 bridgehead atoms. The number of carbonyl (C=O) groups is 1. The minimum Gasteiger partial charge on any atom is -0.494 e. The first-order chi connectivity index (χ1) is 8.58. The zero-order chi connectivity index (χ0) is 13.5. The van der Waals surface area contributed by atoms with E-state index in [4.69, 9.17) is 32.7 Å². The van der Waals surface area contributed by atoms with Crippen LogP contribution in [0.2, 0.25) is 10.0 Å². The Labute approximate surface area is 115 Å². The predicted molar refractivity (Wildman–Crippen MR) is 72.8 cm³/mol. The van der Waals surface area contributed by atoms with Gasteiger partial charge in [0, 0.05) is 5.69 Å². The summed E-state index contributed by atoms with van der Waals surface area (Å²) in [6.45, 7) is 2.05. The van der Waals surface area contributed by atoms with Gasteiger partial charge in [-0.1, -0.05) is 35.4 Å². The first kappa shape index (κ1) is 14.7. The Hall–Kier alpha value is -1.39. The number of anilines is 1. The fourth-order valence-corrected chi connectivity index (χ4v) is 1.84. The lowest BCUT2D eigenvalue weighted by Gasteiger charge is -2.09. The van der Waals surface area contributed by atoms with Crippen molar-refractivity contribution in [1.82, 2.24) is 0 Å². The van der Waals surface area contributed by atoms with Crippen LogP contribution in [0.4, 0.5) is 10.5 Å². The number of amides is 1. The molecule has 0 radical (unpaired) electrons. The SMILES string of the molecule is CC=CCOC(=O)Nc1cc(Cl)c(OC)c(Cl)c1. The van der Waals surface area contributed by atoms with E-state index in [0.29, 0.717) is 21.5 Å². The van der Waals surface area contributed by atoms with Crippen LogP contribution < -0.4 is 10.1 Å². The Morgan fingerprint density at radius 2 is 2.00 bits per heavy atom. The molecule has 0 heterocycles. The molecule has 1 amide bonds. The van der Waals surface area contributed by atoms with E-state index in [1.165, 1.54) is 19.2 Å². The van der Waals surface area contributed by atoms with Gasteiger partial charge in [0.05, 0.1) is 17.2 Å². The summed E-state index contributed by atoms with van der Waals surface area (Å²) in [5.41, 5.74) is 0.441. The topological polar surface area (TPSA) is 47.6 Å². The summed E-state index contributed by atoms with van der Waals surface area (Å²) < 4.78 is 9.87. The molecule has 1 aromatic rings. The predicted octanol–water partition coefficient (Wildman–Crippen LogP) is 4.13. The Morgan fingerprint density at radius 1 is 1.39 bits per heavy atom. The second-order valence-corrected chi connectivity index (χ2v) is 4.08. The summed E-state index contributed by atoms with van der Waals surface area (Å²) in [7, 11) is 1.46. The van der Waals surface area contributed by atoms with Crippen LogP contribution >= 0.6 is 23.2 Å². The monoisotopic (exact) mass is 289 g/mol. The van der Waals surface area contributed by atoms with Crippen LogP contribution in [-0.2, 0) is 4.74 Å². The number of methoxy groups -OCH3 is 1. The van der Waals surface area contributed by atoms with Gasteiger partial charge >= 0.3 is 6.09 Å². The molecule has 1 rings (SSSR count). The number of allylic oxidation sites excluding steroid dienone is 1. The van der Waals surface area contributed by atoms with Crippen LogP contribution in [0.1, 0.15) is 6.92 Å². The minimum absolute atomic E-state index is 0.208. The number of halogens is 2. The molecule has 0 atom stereocenters. The molecule has 0 unspecified atom stereocenters. The summed E-state index contributed by atoms with van der Waals surface area (Å²) >= 11 is 11.9. The maximum absolute atomic E-state index is 11.4. The van der Waals surface area contributed by atoms with E-state index in [1.807, 2.05) is 6.92 Å². The van der Waals surface area contributed by atoms with E-state index in [2.05, 4.69) is 5.32 Å². The standard InChI is InChI=1S/C12H13Cl2NO3/c1-3-4-5-18-12(16)15-8-6-9(13)11(17-2)10(14)7-8/h3-4,6-7H,5H2,1-2H3,(H,15,16). The molecule has 0 spiro atoms. The molecule has 4 nitrogen and oxygen atoms in total. The Balaban J connectivity index is 2.71. The molecule has 0 fully saturated rings. The van der Waals surface area contributed by atoms with Gasteiger partial charge in [-0.2, -0.15) is 0 Å². The van der Waals surface area contributed by atoms with Gasteiger partial charge in [-0.3, -0.25) is 5.32 Å². The minimum atomic E-state index is -0.578. The number of benzene rings is 1. The zero-order valence-corrected chi connectivity index (χ0v) is 11.5. The molecule has 0 aliphatic carbocycles. The summed E-state index contributed by atoms with van der Waals surface area (Å²) in [6, 6.07) is 3.06. The summed E-state index contributed by atoms with van der Waals surface area (Å²) in [6.07, 6.45) is 2.92. The van der Waals surface area contributed by atoms with Crippen LogP contribution in [-0.4, -0.2) is 19.8 Å². The number of hydrogen-bond acceptors (Lipinski definition) is 3. The van der Waals surface area contributed by atoms with Crippen molar-refractivity contribution < 1.29 is 14.3 Å². The van der Waals surface area contributed by atoms with Gasteiger partial charge in [0.25, 0.3) is 0 Å². The highest BCUT2D eigenvalue weighted by Crippen LogP contribution is 2.35. The maximum atomic E-state index is 11.4. The molecule has 0 aromatic heterocycles. The molecule has 0 saturated heterocycles. The summed E-state index contributed by atoms with van der Waals surface area (Å²) in [5.74, 6) is 0.367. The van der Waals surface area contributed by atoms with Crippen LogP contribution in [0.25, 0.3) is 0 Å². The van der Waals surface area contributed by atoms with Gasteiger partial charge in [-0.25, -0.2) is 4.79 Å². The van der Waals surface area contributed by atoms with Crippen molar-refractivity contribution in [2.75, 3.05) is 19.0 Å². The van der Waals surface area contributed by atoms with E-state index in [-0.39, 0.29) is 6.61 Å². The third kappa shape index (κ3) is 4.13. The molecule has 0 aliphatic rings. The molecular weight excluding hydrogens is 277 g/mol. The third-order valence-electron chi connectivity index (χ3n) is 2.00. The summed E-state index contributed by atoms with van der Waals surface area (Å²) in [4.78, 5) is 11.4. The van der Waals surface area contributed by atoms with E-state index in [1.54, 1.807) is 12.2 Å². The van der Waals surface area contributed by atoms with Crippen molar-refractivity contribution in [1.29, 1.82) is 0 Å². The highest BCUT2D eigenvalue weighted by Gasteiger charge is 2.10. The number of ether oxygens (including phenoxy) is 2. The molecule has 6 heteroatoms. The van der Waals surface area contributed by atoms with E-state index < -0.39 is 6.09 Å². The van der Waals surface area contributed by atoms with Crippen molar-refractivity contribution in [3.63, 3.8) is 0 Å². The Kier molecular flexibility index (Phi) is 5.82. The van der Waals surface area contributed by atoms with Gasteiger partial charge in [0.15, 0.2) is 5.75 Å². The van der Waals surface area contributed by atoms with E-state index in [0.717, 1.165) is 0 Å². The smallest absolute Gasteiger partial charge is 0.411 e. The Bertz CT molecular complexity index is 438. The molecule has 0 aliphatic heterocycles. The van der Waals surface area contributed by atoms with Crippen LogP contribution in [0, 0.1) is 0 Å². The lowest BCUT2D eigenvalue weighted by molar-refractivity contribution is 0.174. The largest absolute Gasteiger partial charge is 0.494 e. The number of hydrogen-bond donors (Lipinski definition) is 1. The van der Waals surface area contributed by atoms with Crippen molar-refractivity contribution >= 4 is 35.0 Å². The Morgan fingerprint density at radius 3 is 2.50 bits per heavy atom. The maximum Gasteiger partial charge on any atom is 0.411 e. The molecular formula is C12H13Cl2NO3. The van der Waals surface area contributed by atoms with Gasteiger partial charge in [0.1, 0.15) is 6.61 Å². The van der Waals surface area contributed by atoms with Gasteiger partial charge in [-0.15, -0.1) is 0 Å². The quantitative estimate of drug-likeness (QED) is 0.848. The first-order valence-corrected chi connectivity index (χ1v) is 5.92. The van der Waals surface area contributed by atoms with Gasteiger partial charge in [-0.05, 0) is 19.1 Å². The lowest BCUT2D eigenvalue weighted by atomic mass is 10.3. The molecule has 0 saturated carbocycles. The second kappa shape index (κ2) is 7.13. The van der Waals surface area contributed by atoms with Crippen LogP contribution in [0.3, 0.4) is 0 Å². The number of nitrogens with one attached hydrogen (secondary N) is 1. The highest BCUT2D eigenvalue weighted by atomic mass is 35.5. The third-order valence-corrected chi connectivity index (χ3v) is 2.56.